The van der Waals surface area contributed by atoms with Crippen molar-refractivity contribution >= 4 is 28.1 Å². The first-order valence-electron chi connectivity index (χ1n) is 7.73. The van der Waals surface area contributed by atoms with Gasteiger partial charge in [0, 0.05) is 10.0 Å². The molecule has 0 bridgehead atoms. The second-order valence-corrected chi connectivity index (χ2v) is 5.86. The molecule has 0 unspecified atom stereocenters. The van der Waals surface area contributed by atoms with Crippen LogP contribution in [0.2, 0.25) is 0 Å². The molecular weight excluding hydrogens is 384 g/mol. The average molecular weight is 403 g/mol. The van der Waals surface area contributed by atoms with Crippen LogP contribution in [0, 0.1) is 0 Å². The van der Waals surface area contributed by atoms with Crippen molar-refractivity contribution in [2.24, 2.45) is 5.10 Å². The predicted octanol–water partition coefficient (Wildman–Crippen LogP) is 4.18. The zero-order chi connectivity index (χ0) is 18.1. The molecule has 0 saturated heterocycles. The van der Waals surface area contributed by atoms with Gasteiger partial charge < -0.3 is 9.47 Å². The van der Waals surface area contributed by atoms with Crippen molar-refractivity contribution in [3.63, 3.8) is 0 Å². The van der Waals surface area contributed by atoms with Gasteiger partial charge in [0.05, 0.1) is 12.8 Å². The van der Waals surface area contributed by atoms with Crippen LogP contribution in [0.5, 0.6) is 11.5 Å². The Morgan fingerprint density at radius 1 is 1.20 bits per heavy atom. The number of nitrogens with one attached hydrogen (secondary N) is 1. The SMILES string of the molecule is C=CCOc1ccc(/C=N\NC(=O)c2ccc(Br)cc2)cc1OCC. The van der Waals surface area contributed by atoms with Crippen molar-refractivity contribution < 1.29 is 14.3 Å². The molecule has 2 rings (SSSR count). The van der Waals surface area contributed by atoms with Crippen molar-refractivity contribution in [2.45, 2.75) is 6.92 Å². The number of hydrazone groups is 1. The highest BCUT2D eigenvalue weighted by molar-refractivity contribution is 9.10. The first-order valence-corrected chi connectivity index (χ1v) is 8.53. The largest absolute Gasteiger partial charge is 0.490 e. The van der Waals surface area contributed by atoms with E-state index in [-0.39, 0.29) is 5.91 Å². The van der Waals surface area contributed by atoms with Crippen LogP contribution in [-0.2, 0) is 0 Å². The van der Waals surface area contributed by atoms with Crippen LogP contribution in [-0.4, -0.2) is 25.3 Å². The molecule has 0 fully saturated rings. The number of amides is 1. The Bertz CT molecular complexity index is 758. The maximum Gasteiger partial charge on any atom is 0.271 e. The van der Waals surface area contributed by atoms with E-state index in [4.69, 9.17) is 9.47 Å². The normalized spacial score (nSPS) is 10.5. The monoisotopic (exact) mass is 402 g/mol. The van der Waals surface area contributed by atoms with Crippen molar-refractivity contribution in [1.29, 1.82) is 0 Å². The predicted molar refractivity (Wildman–Crippen MR) is 103 cm³/mol. The fraction of sp³-hybridized carbons (Fsp3) is 0.158. The van der Waals surface area contributed by atoms with E-state index >= 15 is 0 Å². The van der Waals surface area contributed by atoms with Crippen LogP contribution in [0.1, 0.15) is 22.8 Å². The van der Waals surface area contributed by atoms with Crippen molar-refractivity contribution in [1.82, 2.24) is 5.43 Å². The summed E-state index contributed by atoms with van der Waals surface area (Å²) in [5.41, 5.74) is 3.81. The summed E-state index contributed by atoms with van der Waals surface area (Å²) in [6.45, 7) is 6.44. The third-order valence-corrected chi connectivity index (χ3v) is 3.64. The van der Waals surface area contributed by atoms with E-state index in [1.54, 1.807) is 48.7 Å². The van der Waals surface area contributed by atoms with Crippen LogP contribution in [0.15, 0.2) is 64.7 Å². The van der Waals surface area contributed by atoms with E-state index in [1.807, 2.05) is 13.0 Å². The van der Waals surface area contributed by atoms with E-state index in [0.717, 1.165) is 10.0 Å². The summed E-state index contributed by atoms with van der Waals surface area (Å²) in [5, 5.41) is 3.98. The molecule has 2 aromatic carbocycles. The molecule has 0 aliphatic rings. The highest BCUT2D eigenvalue weighted by Gasteiger charge is 2.06. The molecule has 0 aliphatic carbocycles. The summed E-state index contributed by atoms with van der Waals surface area (Å²) >= 11 is 3.33. The summed E-state index contributed by atoms with van der Waals surface area (Å²) in [7, 11) is 0. The van der Waals surface area contributed by atoms with E-state index in [2.05, 4.69) is 33.0 Å². The highest BCUT2D eigenvalue weighted by atomic mass is 79.9. The number of hydrogen-bond donors (Lipinski definition) is 1. The number of nitrogens with zero attached hydrogens (tertiary/aromatic N) is 1. The molecule has 2 aromatic rings. The van der Waals surface area contributed by atoms with Crippen molar-refractivity contribution in [2.75, 3.05) is 13.2 Å². The minimum Gasteiger partial charge on any atom is -0.490 e. The Morgan fingerprint density at radius 3 is 2.64 bits per heavy atom. The highest BCUT2D eigenvalue weighted by Crippen LogP contribution is 2.28. The maximum atomic E-state index is 12.0. The van der Waals surface area contributed by atoms with Gasteiger partial charge in [0.1, 0.15) is 6.61 Å². The second kappa shape index (κ2) is 9.64. The second-order valence-electron chi connectivity index (χ2n) is 4.94. The fourth-order valence-electron chi connectivity index (χ4n) is 1.97. The maximum absolute atomic E-state index is 12.0. The minimum atomic E-state index is -0.278. The van der Waals surface area contributed by atoms with Crippen LogP contribution >= 0.6 is 15.9 Å². The number of halogens is 1. The minimum absolute atomic E-state index is 0.278. The van der Waals surface area contributed by atoms with E-state index in [9.17, 15) is 4.79 Å². The van der Waals surface area contributed by atoms with E-state index in [0.29, 0.717) is 30.3 Å². The summed E-state index contributed by atoms with van der Waals surface area (Å²) < 4.78 is 12.0. The molecule has 0 radical (unpaired) electrons. The number of hydrogen-bond acceptors (Lipinski definition) is 4. The molecule has 0 saturated carbocycles. The number of carbonyl (C=O) groups excluding carboxylic acids is 1. The third-order valence-electron chi connectivity index (χ3n) is 3.11. The van der Waals surface area contributed by atoms with Crippen molar-refractivity contribution in [3.8, 4) is 11.5 Å². The van der Waals surface area contributed by atoms with Crippen LogP contribution in [0.4, 0.5) is 0 Å². The van der Waals surface area contributed by atoms with Gasteiger partial charge in [-0.1, -0.05) is 28.6 Å². The van der Waals surface area contributed by atoms with Gasteiger partial charge in [-0.25, -0.2) is 5.43 Å². The standard InChI is InChI=1S/C19H19BrN2O3/c1-3-11-25-17-10-5-14(12-18(17)24-4-2)13-21-22-19(23)15-6-8-16(20)9-7-15/h3,5-10,12-13H,1,4,11H2,2H3,(H,22,23)/b21-13-. The lowest BCUT2D eigenvalue weighted by atomic mass is 10.2. The lowest BCUT2D eigenvalue weighted by Crippen LogP contribution is -2.17. The number of carbonyl (C=O) groups is 1. The first kappa shape index (κ1) is 18.7. The lowest BCUT2D eigenvalue weighted by Gasteiger charge is -2.11. The fourth-order valence-corrected chi connectivity index (χ4v) is 2.24. The number of benzene rings is 2. The van der Waals surface area contributed by atoms with Crippen molar-refractivity contribution in [3.05, 3.63) is 70.7 Å². The topological polar surface area (TPSA) is 59.9 Å². The first-order chi connectivity index (χ1) is 12.1. The molecule has 0 aliphatic heterocycles. The number of ether oxygens (including phenoxy) is 2. The third kappa shape index (κ3) is 5.76. The summed E-state index contributed by atoms with van der Waals surface area (Å²) in [5.74, 6) is 0.977. The molecule has 0 atom stereocenters. The van der Waals surface area contributed by atoms with Gasteiger partial charge in [0.2, 0.25) is 0 Å². The van der Waals surface area contributed by atoms with Gasteiger partial charge in [-0.15, -0.1) is 0 Å². The Labute approximate surface area is 155 Å². The summed E-state index contributed by atoms with van der Waals surface area (Å²) in [6.07, 6.45) is 3.22. The van der Waals surface area contributed by atoms with Gasteiger partial charge in [-0.3, -0.25) is 4.79 Å². The molecule has 130 valence electrons. The summed E-state index contributed by atoms with van der Waals surface area (Å²) in [4.78, 5) is 12.0. The van der Waals surface area contributed by atoms with E-state index in [1.165, 1.54) is 0 Å². The lowest BCUT2D eigenvalue weighted by molar-refractivity contribution is 0.0955. The Hall–Kier alpha value is -2.60. The van der Waals surface area contributed by atoms with Gasteiger partial charge in [0.25, 0.3) is 5.91 Å². The smallest absolute Gasteiger partial charge is 0.271 e. The zero-order valence-electron chi connectivity index (χ0n) is 13.9. The average Bonchev–Trinajstić information content (AvgIpc) is 2.62. The Balaban J connectivity index is 2.04. The molecule has 0 aromatic heterocycles. The zero-order valence-corrected chi connectivity index (χ0v) is 15.5. The van der Waals surface area contributed by atoms with Crippen LogP contribution in [0.25, 0.3) is 0 Å². The van der Waals surface area contributed by atoms with E-state index < -0.39 is 0 Å². The van der Waals surface area contributed by atoms with Crippen LogP contribution in [0.3, 0.4) is 0 Å². The number of rotatable bonds is 8. The Morgan fingerprint density at radius 2 is 1.96 bits per heavy atom. The van der Waals surface area contributed by atoms with Gasteiger partial charge in [0.15, 0.2) is 11.5 Å². The molecule has 6 heteroatoms. The summed E-state index contributed by atoms with van der Waals surface area (Å²) in [6, 6.07) is 12.5. The molecule has 5 nitrogen and oxygen atoms in total. The quantitative estimate of drug-likeness (QED) is 0.409. The van der Waals surface area contributed by atoms with Gasteiger partial charge in [-0.2, -0.15) is 5.10 Å². The van der Waals surface area contributed by atoms with Gasteiger partial charge >= 0.3 is 0 Å². The van der Waals surface area contributed by atoms with Crippen LogP contribution < -0.4 is 14.9 Å². The molecule has 0 spiro atoms. The molecule has 1 N–H and O–H groups in total. The van der Waals surface area contributed by atoms with Gasteiger partial charge in [-0.05, 0) is 55.0 Å². The Kier molecular flexibility index (Phi) is 7.22. The molecule has 25 heavy (non-hydrogen) atoms. The molecule has 1 amide bonds. The molecular formula is C19H19BrN2O3. The molecule has 0 heterocycles.